The summed E-state index contributed by atoms with van der Waals surface area (Å²) in [6.45, 7) is 0.373. The lowest BCUT2D eigenvalue weighted by Crippen LogP contribution is -2.54. The van der Waals surface area contributed by atoms with Crippen LogP contribution in [0.1, 0.15) is 45.2 Å². The van der Waals surface area contributed by atoms with Crippen molar-refractivity contribution in [3.05, 3.63) is 65.2 Å². The van der Waals surface area contributed by atoms with Crippen LogP contribution in [-0.4, -0.2) is 60.7 Å². The Balaban J connectivity index is 1.42. The van der Waals surface area contributed by atoms with Crippen molar-refractivity contribution >= 4 is 35.2 Å². The van der Waals surface area contributed by atoms with E-state index in [0.29, 0.717) is 12.3 Å². The van der Waals surface area contributed by atoms with Gasteiger partial charge in [-0.1, -0.05) is 30.3 Å². The van der Waals surface area contributed by atoms with Crippen LogP contribution in [0.5, 0.6) is 0 Å². The molecule has 0 radical (unpaired) electrons. The van der Waals surface area contributed by atoms with E-state index in [1.165, 1.54) is 18.2 Å². The lowest BCUT2D eigenvalue weighted by Gasteiger charge is -2.27. The monoisotopic (exact) mass is 464 g/mol. The van der Waals surface area contributed by atoms with Gasteiger partial charge < -0.3 is 10.1 Å². The molecule has 2 aliphatic heterocycles. The number of nitrogens with one attached hydrogen (secondary N) is 3. The van der Waals surface area contributed by atoms with Crippen molar-refractivity contribution in [2.75, 3.05) is 25.6 Å². The molecular formula is C24H24N4O6. The average molecular weight is 464 g/mol. The fraction of sp³-hybridized carbons (Fsp3) is 0.292. The fourth-order valence-corrected chi connectivity index (χ4v) is 4.09. The summed E-state index contributed by atoms with van der Waals surface area (Å²) in [5.41, 5.74) is 1.57. The highest BCUT2D eigenvalue weighted by Gasteiger charge is 2.44. The van der Waals surface area contributed by atoms with Gasteiger partial charge in [0.2, 0.25) is 17.7 Å². The molecule has 2 aromatic rings. The summed E-state index contributed by atoms with van der Waals surface area (Å²) in [6, 6.07) is 12.8. The molecule has 176 valence electrons. The van der Waals surface area contributed by atoms with Gasteiger partial charge in [-0.05, 0) is 30.2 Å². The van der Waals surface area contributed by atoms with Crippen molar-refractivity contribution < 1.29 is 28.7 Å². The summed E-state index contributed by atoms with van der Waals surface area (Å²) in [6.07, 6.45) is 0.126. The zero-order valence-corrected chi connectivity index (χ0v) is 18.5. The second-order valence-corrected chi connectivity index (χ2v) is 8.06. The average Bonchev–Trinajstić information content (AvgIpc) is 3.07. The molecule has 2 aromatic carbocycles. The number of carbonyl (C=O) groups is 5. The third-order valence-electron chi connectivity index (χ3n) is 5.77. The Kier molecular flexibility index (Phi) is 6.80. The van der Waals surface area contributed by atoms with E-state index in [9.17, 15) is 24.0 Å². The Hall–Kier alpha value is -3.89. The lowest BCUT2D eigenvalue weighted by atomic mass is 10.0. The van der Waals surface area contributed by atoms with E-state index in [0.717, 1.165) is 10.5 Å². The Morgan fingerprint density at radius 3 is 2.53 bits per heavy atom. The van der Waals surface area contributed by atoms with E-state index < -0.39 is 29.7 Å². The van der Waals surface area contributed by atoms with Crippen LogP contribution in [0.2, 0.25) is 0 Å². The van der Waals surface area contributed by atoms with Crippen molar-refractivity contribution in [2.24, 2.45) is 0 Å². The van der Waals surface area contributed by atoms with Crippen LogP contribution in [0.4, 0.5) is 5.69 Å². The predicted octanol–water partition coefficient (Wildman–Crippen LogP) is 1.00. The number of amides is 5. The maximum Gasteiger partial charge on any atom is 0.262 e. The van der Waals surface area contributed by atoms with Crippen LogP contribution in [0, 0.1) is 0 Å². The molecular weight excluding hydrogens is 440 g/mol. The Bertz CT molecular complexity index is 1150. The van der Waals surface area contributed by atoms with Crippen LogP contribution >= 0.6 is 0 Å². The minimum absolute atomic E-state index is 0.00468. The lowest BCUT2D eigenvalue weighted by molar-refractivity contribution is -0.136. The largest absolute Gasteiger partial charge is 0.383 e. The SMILES string of the molecule is COCC(NCC(=O)Nc1ccc2c(c1)C(=O)N(C1CCC(=O)NC1=O)C2=O)c1ccccc1. The number of hydrogen-bond donors (Lipinski definition) is 3. The normalized spacial score (nSPS) is 18.5. The van der Waals surface area contributed by atoms with Gasteiger partial charge in [0.05, 0.1) is 30.3 Å². The van der Waals surface area contributed by atoms with E-state index in [4.69, 9.17) is 4.74 Å². The van der Waals surface area contributed by atoms with Crippen LogP contribution in [0.15, 0.2) is 48.5 Å². The summed E-state index contributed by atoms with van der Waals surface area (Å²) < 4.78 is 5.24. The van der Waals surface area contributed by atoms with Gasteiger partial charge in [0.15, 0.2) is 0 Å². The summed E-state index contributed by atoms with van der Waals surface area (Å²) in [7, 11) is 1.58. The van der Waals surface area contributed by atoms with Gasteiger partial charge in [-0.25, -0.2) is 0 Å². The molecule has 1 saturated heterocycles. The Labute approximate surface area is 195 Å². The highest BCUT2D eigenvalue weighted by Crippen LogP contribution is 2.29. The van der Waals surface area contributed by atoms with Gasteiger partial charge in [-0.2, -0.15) is 0 Å². The molecule has 0 aromatic heterocycles. The number of nitrogens with zero attached hydrogens (tertiary/aromatic N) is 1. The summed E-state index contributed by atoms with van der Waals surface area (Å²) in [5, 5.41) is 8.02. The van der Waals surface area contributed by atoms with E-state index in [1.807, 2.05) is 30.3 Å². The molecule has 10 nitrogen and oxygen atoms in total. The first-order valence-corrected chi connectivity index (χ1v) is 10.8. The molecule has 0 bridgehead atoms. The number of fused-ring (bicyclic) bond motifs is 1. The number of anilines is 1. The predicted molar refractivity (Wildman–Crippen MR) is 121 cm³/mol. The van der Waals surface area contributed by atoms with Gasteiger partial charge in [0, 0.05) is 19.2 Å². The first kappa shape index (κ1) is 23.3. The maximum absolute atomic E-state index is 12.9. The van der Waals surface area contributed by atoms with E-state index >= 15 is 0 Å². The number of ether oxygens (including phenoxy) is 1. The summed E-state index contributed by atoms with van der Waals surface area (Å²) >= 11 is 0. The molecule has 2 atom stereocenters. The molecule has 0 spiro atoms. The number of benzene rings is 2. The highest BCUT2D eigenvalue weighted by atomic mass is 16.5. The van der Waals surface area contributed by atoms with Gasteiger partial charge in [0.25, 0.3) is 11.8 Å². The van der Waals surface area contributed by atoms with Crippen LogP contribution < -0.4 is 16.0 Å². The van der Waals surface area contributed by atoms with Gasteiger partial charge in [0.1, 0.15) is 6.04 Å². The Morgan fingerprint density at radius 2 is 1.82 bits per heavy atom. The number of piperidine rings is 1. The van der Waals surface area contributed by atoms with E-state index in [-0.39, 0.29) is 42.5 Å². The molecule has 10 heteroatoms. The number of hydrogen-bond acceptors (Lipinski definition) is 7. The third kappa shape index (κ3) is 4.73. The third-order valence-corrected chi connectivity index (χ3v) is 5.77. The Morgan fingerprint density at radius 1 is 1.09 bits per heavy atom. The minimum atomic E-state index is -1.04. The first-order valence-electron chi connectivity index (χ1n) is 10.8. The first-order chi connectivity index (χ1) is 16.4. The molecule has 34 heavy (non-hydrogen) atoms. The molecule has 0 saturated carbocycles. The molecule has 2 heterocycles. The maximum atomic E-state index is 12.9. The molecule has 0 aliphatic carbocycles. The molecule has 4 rings (SSSR count). The van der Waals surface area contributed by atoms with Crippen molar-refractivity contribution in [2.45, 2.75) is 24.9 Å². The fourth-order valence-electron chi connectivity index (χ4n) is 4.09. The van der Waals surface area contributed by atoms with Crippen LogP contribution in [0.3, 0.4) is 0 Å². The standard InChI is InChI=1S/C24H24N4O6/c1-34-13-18(14-5-3-2-4-6-14)25-12-21(30)26-15-7-8-16-17(11-15)24(33)28(23(16)32)19-9-10-20(29)27-22(19)31/h2-8,11,18-19,25H,9-10,12-13H2,1H3,(H,26,30)(H,27,29,31). The van der Waals surface area contributed by atoms with Crippen molar-refractivity contribution in [3.63, 3.8) is 0 Å². The topological polar surface area (TPSA) is 134 Å². The number of rotatable bonds is 8. The number of carbonyl (C=O) groups excluding carboxylic acids is 5. The number of methoxy groups -OCH3 is 1. The van der Waals surface area contributed by atoms with E-state index in [2.05, 4.69) is 16.0 Å². The second-order valence-electron chi connectivity index (χ2n) is 8.06. The summed E-state index contributed by atoms with van der Waals surface area (Å²) in [4.78, 5) is 62.7. The smallest absolute Gasteiger partial charge is 0.262 e. The molecule has 2 unspecified atom stereocenters. The van der Waals surface area contributed by atoms with E-state index in [1.54, 1.807) is 7.11 Å². The zero-order valence-electron chi connectivity index (χ0n) is 18.5. The van der Waals surface area contributed by atoms with Gasteiger partial charge in [-0.3, -0.25) is 39.5 Å². The van der Waals surface area contributed by atoms with Crippen molar-refractivity contribution in [1.82, 2.24) is 15.5 Å². The molecule has 3 N–H and O–H groups in total. The van der Waals surface area contributed by atoms with Gasteiger partial charge >= 0.3 is 0 Å². The van der Waals surface area contributed by atoms with Crippen molar-refractivity contribution in [3.8, 4) is 0 Å². The highest BCUT2D eigenvalue weighted by molar-refractivity contribution is 6.23. The minimum Gasteiger partial charge on any atom is -0.383 e. The summed E-state index contributed by atoms with van der Waals surface area (Å²) in [5.74, 6) is -2.67. The quantitative estimate of drug-likeness (QED) is 0.496. The van der Waals surface area contributed by atoms with Crippen LogP contribution in [0.25, 0.3) is 0 Å². The van der Waals surface area contributed by atoms with Gasteiger partial charge in [-0.15, -0.1) is 0 Å². The molecule has 5 amide bonds. The van der Waals surface area contributed by atoms with Crippen LogP contribution in [-0.2, 0) is 19.1 Å². The van der Waals surface area contributed by atoms with Crippen molar-refractivity contribution in [1.29, 1.82) is 0 Å². The molecule has 2 aliphatic rings. The molecule has 1 fully saturated rings. The number of imide groups is 2. The second kappa shape index (κ2) is 9.94. The zero-order chi connectivity index (χ0) is 24.2.